The molecule has 19 heavy (non-hydrogen) atoms. The highest BCUT2D eigenvalue weighted by molar-refractivity contribution is 5.53. The minimum atomic E-state index is -1.42. The number of hydrogen-bond donors (Lipinski definition) is 1. The molecule has 0 aromatic carbocycles. The van der Waals surface area contributed by atoms with Gasteiger partial charge in [0.1, 0.15) is 6.17 Å². The molecule has 0 bridgehead atoms. The fraction of sp³-hybridized carbons (Fsp3) is 0.929. The molecule has 3 unspecified atom stereocenters. The average molecular weight is 274 g/mol. The Morgan fingerprint density at radius 1 is 1.37 bits per heavy atom. The SMILES string of the molecule is CC1C[NH+](C)C(C)N1C.CCCCCCOC(=O)[O-]. The molecule has 1 N–H and O–H groups in total. The molecule has 3 atom stereocenters. The molecular formula is C14H30N2O3. The standard InChI is InChI=1S/C7H16N2.C7H14O3/c1-6-5-8(3)7(2)9(6)4;1-2-3-4-5-6-10-7(8)9/h6-7H,5H2,1-4H3;2-6H2,1H3,(H,8,9). The molecule has 0 saturated carbocycles. The van der Waals surface area contributed by atoms with Gasteiger partial charge in [-0.15, -0.1) is 0 Å². The molecule has 1 rings (SSSR count). The zero-order valence-electron chi connectivity index (χ0n) is 13.1. The highest BCUT2D eigenvalue weighted by Gasteiger charge is 2.31. The number of ether oxygens (including phenoxy) is 1. The van der Waals surface area contributed by atoms with Gasteiger partial charge in [-0.3, -0.25) is 0 Å². The average Bonchev–Trinajstić information content (AvgIpc) is 2.56. The van der Waals surface area contributed by atoms with Crippen LogP contribution in [0, 0.1) is 0 Å². The predicted molar refractivity (Wildman–Crippen MR) is 73.9 cm³/mol. The molecule has 0 spiro atoms. The Bertz CT molecular complexity index is 237. The second kappa shape index (κ2) is 10.0. The summed E-state index contributed by atoms with van der Waals surface area (Å²) < 4.78 is 4.19. The maximum absolute atomic E-state index is 9.70. The van der Waals surface area contributed by atoms with Gasteiger partial charge in [0, 0.05) is 13.5 Å². The Morgan fingerprint density at radius 2 is 2.00 bits per heavy atom. The lowest BCUT2D eigenvalue weighted by Crippen LogP contribution is -3.11. The van der Waals surface area contributed by atoms with E-state index in [1.165, 1.54) is 6.54 Å². The van der Waals surface area contributed by atoms with E-state index in [-0.39, 0.29) is 6.61 Å². The van der Waals surface area contributed by atoms with Gasteiger partial charge in [-0.05, 0) is 20.4 Å². The molecule has 0 radical (unpaired) electrons. The number of rotatable bonds is 5. The summed E-state index contributed by atoms with van der Waals surface area (Å²) in [5.74, 6) is 0. The quantitative estimate of drug-likeness (QED) is 0.571. The van der Waals surface area contributed by atoms with Gasteiger partial charge in [-0.2, -0.15) is 0 Å². The van der Waals surface area contributed by atoms with Crippen LogP contribution in [0.3, 0.4) is 0 Å². The van der Waals surface area contributed by atoms with E-state index in [2.05, 4.69) is 44.5 Å². The summed E-state index contributed by atoms with van der Waals surface area (Å²) in [5.41, 5.74) is 0. The topological polar surface area (TPSA) is 57.0 Å². The van der Waals surface area contributed by atoms with E-state index in [1.54, 1.807) is 4.90 Å². The molecule has 0 aromatic rings. The van der Waals surface area contributed by atoms with Crippen LogP contribution in [0.5, 0.6) is 0 Å². The van der Waals surface area contributed by atoms with Crippen molar-refractivity contribution in [2.75, 3.05) is 27.2 Å². The lowest BCUT2D eigenvalue weighted by Gasteiger charge is -2.17. The van der Waals surface area contributed by atoms with Crippen LogP contribution in [0.2, 0.25) is 0 Å². The third kappa shape index (κ3) is 8.06. The number of unbranched alkanes of at least 4 members (excludes halogenated alkanes) is 3. The summed E-state index contributed by atoms with van der Waals surface area (Å²) >= 11 is 0. The van der Waals surface area contributed by atoms with Gasteiger partial charge in [-0.1, -0.05) is 26.2 Å². The smallest absolute Gasteiger partial charge is 0.251 e. The number of quaternary nitrogens is 1. The first-order valence-corrected chi connectivity index (χ1v) is 7.28. The second-order valence-electron chi connectivity index (χ2n) is 5.40. The van der Waals surface area contributed by atoms with Crippen molar-refractivity contribution in [2.45, 2.75) is 58.7 Å². The number of carbonyl (C=O) groups is 1. The monoisotopic (exact) mass is 274 g/mol. The summed E-state index contributed by atoms with van der Waals surface area (Å²) in [4.78, 5) is 13.8. The highest BCUT2D eigenvalue weighted by atomic mass is 16.7. The summed E-state index contributed by atoms with van der Waals surface area (Å²) in [7, 11) is 4.45. The Morgan fingerprint density at radius 3 is 2.32 bits per heavy atom. The number of hydrogen-bond acceptors (Lipinski definition) is 4. The fourth-order valence-corrected chi connectivity index (χ4v) is 2.19. The first-order valence-electron chi connectivity index (χ1n) is 7.28. The highest BCUT2D eigenvalue weighted by Crippen LogP contribution is 2.00. The number of nitrogens with zero attached hydrogens (tertiary/aromatic N) is 1. The van der Waals surface area contributed by atoms with Crippen LogP contribution >= 0.6 is 0 Å². The van der Waals surface area contributed by atoms with Crippen molar-refractivity contribution in [3.05, 3.63) is 0 Å². The van der Waals surface area contributed by atoms with Crippen LogP contribution in [0.15, 0.2) is 0 Å². The molecule has 1 saturated heterocycles. The van der Waals surface area contributed by atoms with Crippen LogP contribution in [-0.4, -0.2) is 50.5 Å². The van der Waals surface area contributed by atoms with Crippen molar-refractivity contribution in [1.82, 2.24) is 4.90 Å². The van der Waals surface area contributed by atoms with Crippen LogP contribution < -0.4 is 10.0 Å². The van der Waals surface area contributed by atoms with Crippen LogP contribution in [0.25, 0.3) is 0 Å². The summed E-state index contributed by atoms with van der Waals surface area (Å²) in [6.07, 6.45) is 3.41. The zero-order valence-corrected chi connectivity index (χ0v) is 13.1. The van der Waals surface area contributed by atoms with Gasteiger partial charge < -0.3 is 19.5 Å². The molecular weight excluding hydrogens is 244 g/mol. The van der Waals surface area contributed by atoms with E-state index in [4.69, 9.17) is 0 Å². The van der Waals surface area contributed by atoms with E-state index in [1.807, 2.05) is 0 Å². The van der Waals surface area contributed by atoms with Gasteiger partial charge >= 0.3 is 0 Å². The van der Waals surface area contributed by atoms with Crippen LogP contribution in [0.4, 0.5) is 4.79 Å². The van der Waals surface area contributed by atoms with Crippen molar-refractivity contribution in [2.24, 2.45) is 0 Å². The third-order valence-corrected chi connectivity index (χ3v) is 3.85. The summed E-state index contributed by atoms with van der Waals surface area (Å²) in [5, 5.41) is 9.70. The Labute approximate surface area is 117 Å². The molecule has 0 aromatic heterocycles. The molecule has 5 nitrogen and oxygen atoms in total. The van der Waals surface area contributed by atoms with E-state index >= 15 is 0 Å². The van der Waals surface area contributed by atoms with E-state index in [0.29, 0.717) is 6.17 Å². The lowest BCUT2D eigenvalue weighted by molar-refractivity contribution is -0.896. The number of likely N-dealkylation sites (N-methyl/N-ethyl adjacent to an activating group) is 2. The van der Waals surface area contributed by atoms with Crippen LogP contribution in [-0.2, 0) is 4.74 Å². The lowest BCUT2D eigenvalue weighted by atomic mass is 10.2. The van der Waals surface area contributed by atoms with E-state index in [0.717, 1.165) is 31.7 Å². The Kier molecular flexibility index (Phi) is 9.61. The second-order valence-corrected chi connectivity index (χ2v) is 5.40. The minimum absolute atomic E-state index is 0.280. The molecule has 1 fully saturated rings. The maximum atomic E-state index is 9.70. The maximum Gasteiger partial charge on any atom is 0.251 e. The minimum Gasteiger partial charge on any atom is -0.550 e. The van der Waals surface area contributed by atoms with Gasteiger partial charge in [0.15, 0.2) is 0 Å². The Hall–Kier alpha value is -0.810. The molecule has 114 valence electrons. The van der Waals surface area contributed by atoms with Crippen molar-refractivity contribution in [1.29, 1.82) is 0 Å². The molecule has 1 aliphatic heterocycles. The molecule has 1 heterocycles. The first kappa shape index (κ1) is 18.2. The van der Waals surface area contributed by atoms with Gasteiger partial charge in [0.2, 0.25) is 0 Å². The molecule has 1 aliphatic rings. The largest absolute Gasteiger partial charge is 0.550 e. The number of carbonyl (C=O) groups excluding carboxylic acids is 1. The van der Waals surface area contributed by atoms with Gasteiger partial charge in [0.05, 0.1) is 19.6 Å². The summed E-state index contributed by atoms with van der Waals surface area (Å²) in [6, 6.07) is 0.764. The summed E-state index contributed by atoms with van der Waals surface area (Å²) in [6.45, 7) is 8.23. The predicted octanol–water partition coefficient (Wildman–Crippen LogP) is 0.108. The fourth-order valence-electron chi connectivity index (χ4n) is 2.19. The molecule has 5 heteroatoms. The van der Waals surface area contributed by atoms with Crippen molar-refractivity contribution in [3.63, 3.8) is 0 Å². The van der Waals surface area contributed by atoms with Crippen molar-refractivity contribution in [3.8, 4) is 0 Å². The van der Waals surface area contributed by atoms with Crippen molar-refractivity contribution >= 4 is 6.16 Å². The number of nitrogens with one attached hydrogen (secondary N) is 1. The van der Waals surface area contributed by atoms with Gasteiger partial charge in [-0.25, -0.2) is 4.90 Å². The van der Waals surface area contributed by atoms with Gasteiger partial charge in [0.25, 0.3) is 6.16 Å². The third-order valence-electron chi connectivity index (χ3n) is 3.85. The first-order chi connectivity index (χ1) is 8.90. The normalized spacial score (nSPS) is 26.7. The molecule has 0 amide bonds. The van der Waals surface area contributed by atoms with E-state index in [9.17, 15) is 9.90 Å². The Balaban J connectivity index is 0.000000342. The zero-order chi connectivity index (χ0) is 14.8. The van der Waals surface area contributed by atoms with E-state index < -0.39 is 6.16 Å². The number of carboxylic acid groups (broad SMARTS) is 1. The van der Waals surface area contributed by atoms with Crippen LogP contribution in [0.1, 0.15) is 46.5 Å². The molecule has 0 aliphatic carbocycles. The van der Waals surface area contributed by atoms with Crippen molar-refractivity contribution < 1.29 is 19.5 Å².